The Morgan fingerprint density at radius 2 is 1.90 bits per heavy atom. The Kier molecular flexibility index (Phi) is 7.16. The average Bonchev–Trinajstić information content (AvgIpc) is 2.74. The Morgan fingerprint density at radius 1 is 1.17 bits per heavy atom. The number of aromatic nitrogens is 2. The molecule has 6 nitrogen and oxygen atoms in total. The van der Waals surface area contributed by atoms with Gasteiger partial charge in [-0.15, -0.1) is 0 Å². The fourth-order valence-electron chi connectivity index (χ4n) is 3.04. The topological polar surface area (TPSA) is 64.5 Å². The first-order chi connectivity index (χ1) is 13.9. The van der Waals surface area contributed by atoms with Crippen LogP contribution in [0.4, 0.5) is 13.2 Å². The predicted octanol–water partition coefficient (Wildman–Crippen LogP) is 3.04. The summed E-state index contributed by atoms with van der Waals surface area (Å²) in [5.41, 5.74) is 0.515. The van der Waals surface area contributed by atoms with Crippen molar-refractivity contribution < 1.29 is 27.4 Å². The van der Waals surface area contributed by atoms with Crippen LogP contribution >= 0.6 is 0 Å². The van der Waals surface area contributed by atoms with Crippen LogP contribution in [-0.2, 0) is 26.9 Å². The minimum absolute atomic E-state index is 0.0287. The van der Waals surface area contributed by atoms with Gasteiger partial charge in [0.2, 0.25) is 5.91 Å². The van der Waals surface area contributed by atoms with Crippen LogP contribution in [0.2, 0.25) is 0 Å². The minimum atomic E-state index is -4.40. The lowest BCUT2D eigenvalue weighted by Crippen LogP contribution is -2.41. The van der Waals surface area contributed by atoms with Crippen molar-refractivity contribution in [3.63, 3.8) is 0 Å². The summed E-state index contributed by atoms with van der Waals surface area (Å²) in [7, 11) is 0. The third-order valence-electron chi connectivity index (χ3n) is 4.62. The number of carbonyl (C=O) groups excluding carboxylic acids is 1. The highest BCUT2D eigenvalue weighted by atomic mass is 19.4. The van der Waals surface area contributed by atoms with Gasteiger partial charge in [-0.3, -0.25) is 14.8 Å². The molecular weight excluding hydrogens is 387 g/mol. The first kappa shape index (κ1) is 21.2. The lowest BCUT2D eigenvalue weighted by Gasteiger charge is -2.27. The Balaban J connectivity index is 1.65. The molecule has 1 aromatic carbocycles. The van der Waals surface area contributed by atoms with Gasteiger partial charge in [-0.25, -0.2) is 0 Å². The molecule has 0 aliphatic carbocycles. The van der Waals surface area contributed by atoms with E-state index < -0.39 is 17.8 Å². The highest BCUT2D eigenvalue weighted by Gasteiger charge is 2.30. The van der Waals surface area contributed by atoms with Crippen molar-refractivity contribution in [2.24, 2.45) is 0 Å². The highest BCUT2D eigenvalue weighted by Crippen LogP contribution is 2.31. The zero-order valence-corrected chi connectivity index (χ0v) is 15.8. The lowest BCUT2D eigenvalue weighted by atomic mass is 10.0. The molecule has 29 heavy (non-hydrogen) atoms. The first-order valence-corrected chi connectivity index (χ1v) is 9.32. The summed E-state index contributed by atoms with van der Waals surface area (Å²) in [6, 6.07) is 4.85. The van der Waals surface area contributed by atoms with E-state index in [2.05, 4.69) is 9.97 Å². The second-order valence-electron chi connectivity index (χ2n) is 6.62. The zero-order chi connectivity index (χ0) is 20.7. The summed E-state index contributed by atoms with van der Waals surface area (Å²) < 4.78 is 49.6. The molecule has 0 bridgehead atoms. The number of benzene rings is 1. The molecule has 0 radical (unpaired) electrons. The van der Waals surface area contributed by atoms with Crippen molar-refractivity contribution in [1.82, 2.24) is 14.9 Å². The number of alkyl halides is 3. The summed E-state index contributed by atoms with van der Waals surface area (Å²) in [6.45, 7) is 2.31. The maximum atomic E-state index is 12.8. The molecule has 0 N–H and O–H groups in total. The number of morpholine rings is 1. The largest absolute Gasteiger partial charge is 0.416 e. The molecule has 1 saturated heterocycles. The van der Waals surface area contributed by atoms with E-state index in [1.54, 1.807) is 23.5 Å². The van der Waals surface area contributed by atoms with E-state index >= 15 is 0 Å². The molecule has 2 aromatic rings. The maximum Gasteiger partial charge on any atom is 0.416 e. The Labute approximate surface area is 166 Å². The normalized spacial score (nSPS) is 15.9. The molecule has 1 unspecified atom stereocenters. The first-order valence-electron chi connectivity index (χ1n) is 9.32. The lowest BCUT2D eigenvalue weighted by molar-refractivity contribution is -0.138. The monoisotopic (exact) mass is 409 g/mol. The molecule has 1 fully saturated rings. The van der Waals surface area contributed by atoms with Gasteiger partial charge in [-0.2, -0.15) is 13.2 Å². The van der Waals surface area contributed by atoms with E-state index in [-0.39, 0.29) is 18.9 Å². The molecule has 1 aromatic heterocycles. The molecule has 1 aliphatic heterocycles. The Morgan fingerprint density at radius 3 is 2.52 bits per heavy atom. The molecular formula is C20H22F3N3O3. The van der Waals surface area contributed by atoms with Crippen LogP contribution in [0.25, 0.3) is 0 Å². The number of hydrogen-bond donors (Lipinski definition) is 0. The Bertz CT molecular complexity index is 779. The number of ether oxygens (including phenoxy) is 2. The van der Waals surface area contributed by atoms with Gasteiger partial charge in [0.15, 0.2) is 0 Å². The zero-order valence-electron chi connectivity index (χ0n) is 15.8. The van der Waals surface area contributed by atoms with E-state index in [4.69, 9.17) is 9.47 Å². The number of carbonyl (C=O) groups is 1. The second-order valence-corrected chi connectivity index (χ2v) is 6.62. The second kappa shape index (κ2) is 9.80. The van der Waals surface area contributed by atoms with Crippen molar-refractivity contribution in [2.75, 3.05) is 32.9 Å². The molecule has 1 aliphatic rings. The van der Waals surface area contributed by atoms with Gasteiger partial charge in [0.25, 0.3) is 0 Å². The van der Waals surface area contributed by atoms with Crippen LogP contribution in [0.15, 0.2) is 42.9 Å². The van der Waals surface area contributed by atoms with Crippen molar-refractivity contribution in [3.8, 4) is 0 Å². The van der Waals surface area contributed by atoms with Crippen LogP contribution in [0.5, 0.6) is 0 Å². The fraction of sp³-hybridized carbons (Fsp3) is 0.450. The van der Waals surface area contributed by atoms with E-state index in [1.807, 2.05) is 0 Å². The van der Waals surface area contributed by atoms with Gasteiger partial charge in [-0.1, -0.05) is 12.1 Å². The van der Waals surface area contributed by atoms with E-state index in [0.717, 1.165) is 12.1 Å². The number of nitrogens with zero attached hydrogens (tertiary/aromatic N) is 3. The van der Waals surface area contributed by atoms with Crippen molar-refractivity contribution in [3.05, 3.63) is 59.7 Å². The van der Waals surface area contributed by atoms with Crippen molar-refractivity contribution in [2.45, 2.75) is 25.1 Å². The molecule has 3 rings (SSSR count). The summed E-state index contributed by atoms with van der Waals surface area (Å²) in [5.74, 6) is -0.0287. The van der Waals surface area contributed by atoms with Crippen LogP contribution in [-0.4, -0.2) is 53.7 Å². The van der Waals surface area contributed by atoms with Gasteiger partial charge < -0.3 is 14.4 Å². The Hall–Kier alpha value is -2.52. The van der Waals surface area contributed by atoms with Gasteiger partial charge in [0, 0.05) is 38.1 Å². The summed E-state index contributed by atoms with van der Waals surface area (Å²) in [4.78, 5) is 22.2. The third kappa shape index (κ3) is 6.23. The van der Waals surface area contributed by atoms with Crippen molar-refractivity contribution >= 4 is 5.91 Å². The van der Waals surface area contributed by atoms with Gasteiger partial charge in [-0.05, 0) is 17.7 Å². The van der Waals surface area contributed by atoms with E-state index in [9.17, 15) is 18.0 Å². The van der Waals surface area contributed by atoms with E-state index in [1.165, 1.54) is 12.1 Å². The maximum absolute atomic E-state index is 12.8. The van der Waals surface area contributed by atoms with Crippen LogP contribution in [0, 0.1) is 0 Å². The summed E-state index contributed by atoms with van der Waals surface area (Å²) >= 11 is 0. The molecule has 1 amide bonds. The molecule has 1 atom stereocenters. The summed E-state index contributed by atoms with van der Waals surface area (Å²) in [5, 5.41) is 0. The number of rotatable bonds is 7. The standard InChI is InChI=1S/C20H22F3N3O3/c21-20(22,23)16-3-1-15(2-4-16)18(13-17-14-24-6-7-25-17)29-10-5-19(27)26-8-11-28-12-9-26/h1-4,6-7,14,18H,5,8-13H2. The number of hydrogen-bond acceptors (Lipinski definition) is 5. The van der Waals surface area contributed by atoms with Crippen LogP contribution < -0.4 is 0 Å². The van der Waals surface area contributed by atoms with Crippen molar-refractivity contribution in [1.29, 1.82) is 0 Å². The minimum Gasteiger partial charge on any atom is -0.378 e. The van der Waals surface area contributed by atoms with Crippen LogP contribution in [0.3, 0.4) is 0 Å². The summed E-state index contributed by atoms with van der Waals surface area (Å²) in [6.07, 6.45) is 0.262. The molecule has 0 spiro atoms. The van der Waals surface area contributed by atoms with E-state index in [0.29, 0.717) is 44.0 Å². The predicted molar refractivity (Wildman–Crippen MR) is 97.9 cm³/mol. The quantitative estimate of drug-likeness (QED) is 0.703. The SMILES string of the molecule is O=C(CCOC(Cc1cnccn1)c1ccc(C(F)(F)F)cc1)N1CCOCC1. The van der Waals surface area contributed by atoms with Gasteiger partial charge in [0.05, 0.1) is 43.6 Å². The fourth-order valence-corrected chi connectivity index (χ4v) is 3.04. The molecule has 156 valence electrons. The number of halogens is 3. The average molecular weight is 409 g/mol. The smallest absolute Gasteiger partial charge is 0.378 e. The molecule has 9 heteroatoms. The molecule has 2 heterocycles. The van der Waals surface area contributed by atoms with Gasteiger partial charge >= 0.3 is 6.18 Å². The number of amides is 1. The molecule has 0 saturated carbocycles. The third-order valence-corrected chi connectivity index (χ3v) is 4.62. The van der Waals surface area contributed by atoms with Gasteiger partial charge in [0.1, 0.15) is 0 Å². The van der Waals surface area contributed by atoms with Crippen LogP contribution in [0.1, 0.15) is 29.3 Å². The highest BCUT2D eigenvalue weighted by molar-refractivity contribution is 5.76.